The molecule has 1 saturated heterocycles. The Balaban J connectivity index is 2.22. The van der Waals surface area contributed by atoms with Crippen LogP contribution in [0.25, 0.3) is 0 Å². The minimum absolute atomic E-state index is 0.0836. The van der Waals surface area contributed by atoms with Gasteiger partial charge in [0.1, 0.15) is 0 Å². The predicted octanol–water partition coefficient (Wildman–Crippen LogP) is 2.90. The van der Waals surface area contributed by atoms with Crippen LogP contribution in [0.1, 0.15) is 23.7 Å². The first-order valence-corrected chi connectivity index (χ1v) is 7.71. The first kappa shape index (κ1) is 14.9. The molecule has 2 rings (SSSR count). The summed E-state index contributed by atoms with van der Waals surface area (Å²) in [6.07, 6.45) is 1.02. The Labute approximate surface area is 128 Å². The highest BCUT2D eigenvalue weighted by Crippen LogP contribution is 2.22. The van der Waals surface area contributed by atoms with E-state index < -0.39 is 0 Å². The zero-order chi connectivity index (χ0) is 14.0. The maximum atomic E-state index is 12.6. The van der Waals surface area contributed by atoms with Crippen LogP contribution in [0.15, 0.2) is 27.6 Å². The van der Waals surface area contributed by atoms with E-state index in [1.807, 2.05) is 23.1 Å². The summed E-state index contributed by atoms with van der Waals surface area (Å²) in [6.45, 7) is 4.89. The molecule has 1 aliphatic rings. The number of rotatable bonds is 1. The number of hydrogen-bond acceptors (Lipinski definition) is 3. The largest absolute Gasteiger partial charge is 0.335 e. The van der Waals surface area contributed by atoms with Crippen LogP contribution < -0.4 is 0 Å². The number of carbonyl (C=O) groups is 1. The molecule has 1 aromatic rings. The van der Waals surface area contributed by atoms with Gasteiger partial charge in [0.2, 0.25) is 0 Å². The van der Waals surface area contributed by atoms with Crippen molar-refractivity contribution in [3.63, 3.8) is 0 Å². The first-order chi connectivity index (χ1) is 8.99. The zero-order valence-corrected chi connectivity index (χ0v) is 13.7. The van der Waals surface area contributed by atoms with Gasteiger partial charge in [-0.05, 0) is 45.1 Å². The lowest BCUT2D eigenvalue weighted by Gasteiger charge is -2.28. The van der Waals surface area contributed by atoms with Gasteiger partial charge in [-0.25, -0.2) is 0 Å². The lowest BCUT2D eigenvalue weighted by Crippen LogP contribution is -2.42. The van der Waals surface area contributed by atoms with Gasteiger partial charge in [0, 0.05) is 28.5 Å². The van der Waals surface area contributed by atoms with Crippen LogP contribution in [0, 0.1) is 0 Å². The highest BCUT2D eigenvalue weighted by Gasteiger charge is 2.25. The Bertz CT molecular complexity index is 481. The van der Waals surface area contributed by atoms with Crippen molar-refractivity contribution in [3.05, 3.63) is 28.2 Å². The number of thiol groups is 1. The Morgan fingerprint density at radius 1 is 1.42 bits per heavy atom. The minimum Gasteiger partial charge on any atom is -0.335 e. The van der Waals surface area contributed by atoms with Gasteiger partial charge >= 0.3 is 0 Å². The van der Waals surface area contributed by atoms with E-state index in [-0.39, 0.29) is 11.9 Å². The van der Waals surface area contributed by atoms with Crippen molar-refractivity contribution >= 4 is 34.5 Å². The number of carbonyl (C=O) groups excluding carboxylic acids is 1. The smallest absolute Gasteiger partial charge is 0.255 e. The van der Waals surface area contributed by atoms with Crippen molar-refractivity contribution in [2.24, 2.45) is 0 Å². The van der Waals surface area contributed by atoms with Gasteiger partial charge in [0.25, 0.3) is 5.91 Å². The third kappa shape index (κ3) is 3.52. The summed E-state index contributed by atoms with van der Waals surface area (Å²) in [5.74, 6) is 0.0836. The molecule has 0 spiro atoms. The molecule has 0 N–H and O–H groups in total. The molecule has 3 nitrogen and oxygen atoms in total. The van der Waals surface area contributed by atoms with E-state index in [2.05, 4.69) is 47.4 Å². The molecule has 0 aliphatic carbocycles. The average Bonchev–Trinajstić information content (AvgIpc) is 2.49. The van der Waals surface area contributed by atoms with Crippen LogP contribution in [0.2, 0.25) is 0 Å². The van der Waals surface area contributed by atoms with Gasteiger partial charge in [0.05, 0.1) is 5.56 Å². The molecule has 5 heteroatoms. The zero-order valence-electron chi connectivity index (χ0n) is 11.3. The molecule has 19 heavy (non-hydrogen) atoms. The van der Waals surface area contributed by atoms with Crippen LogP contribution >= 0.6 is 28.6 Å². The first-order valence-electron chi connectivity index (χ1n) is 6.47. The number of halogens is 1. The highest BCUT2D eigenvalue weighted by atomic mass is 79.9. The van der Waals surface area contributed by atoms with Crippen LogP contribution in [0.4, 0.5) is 0 Å². The molecule has 1 amide bonds. The molecule has 104 valence electrons. The minimum atomic E-state index is 0.0836. The Hall–Kier alpha value is -0.520. The van der Waals surface area contributed by atoms with E-state index in [1.54, 1.807) is 0 Å². The van der Waals surface area contributed by atoms with Crippen molar-refractivity contribution in [3.8, 4) is 0 Å². The average molecular weight is 343 g/mol. The normalized spacial score (nSPS) is 21.3. The Morgan fingerprint density at radius 3 is 2.84 bits per heavy atom. The molecule has 0 radical (unpaired) electrons. The van der Waals surface area contributed by atoms with Gasteiger partial charge < -0.3 is 9.80 Å². The summed E-state index contributed by atoms with van der Waals surface area (Å²) in [7, 11) is 2.11. The third-order valence-corrected chi connectivity index (χ3v) is 4.36. The van der Waals surface area contributed by atoms with Crippen molar-refractivity contribution in [2.75, 3.05) is 26.7 Å². The predicted molar refractivity (Wildman–Crippen MR) is 84.0 cm³/mol. The van der Waals surface area contributed by atoms with E-state index in [0.717, 1.165) is 35.4 Å². The molecule has 1 aliphatic heterocycles. The van der Waals surface area contributed by atoms with E-state index in [9.17, 15) is 4.79 Å². The van der Waals surface area contributed by atoms with Gasteiger partial charge in [-0.1, -0.05) is 15.9 Å². The number of hydrogen-bond donors (Lipinski definition) is 1. The fourth-order valence-corrected chi connectivity index (χ4v) is 3.36. The lowest BCUT2D eigenvalue weighted by molar-refractivity contribution is 0.0693. The summed E-state index contributed by atoms with van der Waals surface area (Å²) < 4.78 is 0.942. The van der Waals surface area contributed by atoms with E-state index >= 15 is 0 Å². The summed E-state index contributed by atoms with van der Waals surface area (Å²) in [5, 5.41) is 0. The summed E-state index contributed by atoms with van der Waals surface area (Å²) in [5.41, 5.74) is 0.683. The molecule has 1 aromatic carbocycles. The monoisotopic (exact) mass is 342 g/mol. The topological polar surface area (TPSA) is 23.6 Å². The Morgan fingerprint density at radius 2 is 2.16 bits per heavy atom. The fraction of sp³-hybridized carbons (Fsp3) is 0.500. The lowest BCUT2D eigenvalue weighted by atomic mass is 10.1. The second kappa shape index (κ2) is 6.29. The number of amides is 1. The number of likely N-dealkylation sites (N-methyl/N-ethyl adjacent to an activating group) is 1. The summed E-state index contributed by atoms with van der Waals surface area (Å²) >= 11 is 7.81. The molecule has 0 saturated carbocycles. The molecule has 1 atom stereocenters. The van der Waals surface area contributed by atoms with Crippen LogP contribution in [-0.4, -0.2) is 48.4 Å². The van der Waals surface area contributed by atoms with Crippen LogP contribution in [0.3, 0.4) is 0 Å². The molecule has 0 bridgehead atoms. The number of benzene rings is 1. The second-order valence-electron chi connectivity index (χ2n) is 5.12. The quantitative estimate of drug-likeness (QED) is 0.793. The van der Waals surface area contributed by atoms with Gasteiger partial charge in [-0.2, -0.15) is 0 Å². The molecular formula is C14H19BrN2OS. The van der Waals surface area contributed by atoms with Crippen molar-refractivity contribution in [1.29, 1.82) is 0 Å². The molecule has 1 fully saturated rings. The summed E-state index contributed by atoms with van der Waals surface area (Å²) in [6, 6.07) is 5.83. The summed E-state index contributed by atoms with van der Waals surface area (Å²) in [4.78, 5) is 17.6. The highest BCUT2D eigenvalue weighted by molar-refractivity contribution is 9.10. The van der Waals surface area contributed by atoms with E-state index in [1.165, 1.54) is 0 Å². The van der Waals surface area contributed by atoms with Gasteiger partial charge in [-0.15, -0.1) is 12.6 Å². The molecule has 1 heterocycles. The van der Waals surface area contributed by atoms with Gasteiger partial charge in [-0.3, -0.25) is 4.79 Å². The maximum Gasteiger partial charge on any atom is 0.255 e. The van der Waals surface area contributed by atoms with Crippen LogP contribution in [0.5, 0.6) is 0 Å². The Kier molecular flexibility index (Phi) is 4.92. The molecule has 0 aromatic heterocycles. The fourth-order valence-electron chi connectivity index (χ4n) is 2.51. The second-order valence-corrected chi connectivity index (χ2v) is 6.52. The van der Waals surface area contributed by atoms with Crippen molar-refractivity contribution in [1.82, 2.24) is 9.80 Å². The maximum absolute atomic E-state index is 12.6. The van der Waals surface area contributed by atoms with Crippen LogP contribution in [-0.2, 0) is 0 Å². The van der Waals surface area contributed by atoms with E-state index in [4.69, 9.17) is 0 Å². The van der Waals surface area contributed by atoms with Crippen molar-refractivity contribution < 1.29 is 4.79 Å². The SMILES string of the molecule is CC1CN(C)CCCN1C(=O)c1ccc(Br)cc1S. The van der Waals surface area contributed by atoms with E-state index in [0.29, 0.717) is 5.56 Å². The van der Waals surface area contributed by atoms with Crippen molar-refractivity contribution in [2.45, 2.75) is 24.3 Å². The standard InChI is InChI=1S/C14H19BrN2OS/c1-10-9-16(2)6-3-7-17(10)14(18)12-5-4-11(15)8-13(12)19/h4-5,8,10,19H,3,6-7,9H2,1-2H3. The number of nitrogens with zero attached hydrogens (tertiary/aromatic N) is 2. The third-order valence-electron chi connectivity index (χ3n) is 3.50. The molecule has 1 unspecified atom stereocenters. The molecular weight excluding hydrogens is 324 g/mol. The van der Waals surface area contributed by atoms with Gasteiger partial charge in [0.15, 0.2) is 0 Å².